The van der Waals surface area contributed by atoms with Gasteiger partial charge in [0.2, 0.25) is 0 Å². The molecule has 0 fully saturated rings. The summed E-state index contributed by atoms with van der Waals surface area (Å²) < 4.78 is 0. The Morgan fingerprint density at radius 2 is 1.26 bits per heavy atom. The van der Waals surface area contributed by atoms with Gasteiger partial charge >= 0.3 is 16.8 Å². The molecule has 19 heavy (non-hydrogen) atoms. The minimum atomic E-state index is -0.939. The van der Waals surface area contributed by atoms with Gasteiger partial charge in [-0.3, -0.25) is 9.59 Å². The fourth-order valence-electron chi connectivity index (χ4n) is 1.20. The predicted molar refractivity (Wildman–Crippen MR) is 78.4 cm³/mol. The molecule has 0 aromatic rings. The summed E-state index contributed by atoms with van der Waals surface area (Å²) in [5, 5.41) is 25.7. The van der Waals surface area contributed by atoms with E-state index in [-0.39, 0.29) is 29.9 Å². The summed E-state index contributed by atoms with van der Waals surface area (Å²) in [6.45, 7) is 0.522. The number of hydrogen-bond donors (Lipinski definition) is 2. The van der Waals surface area contributed by atoms with Crippen LogP contribution in [0.15, 0.2) is 0 Å². The van der Waals surface area contributed by atoms with Crippen LogP contribution in [0, 0.1) is 0 Å². The summed E-state index contributed by atoms with van der Waals surface area (Å²) in [4.78, 5) is 21.6. The summed E-state index contributed by atoms with van der Waals surface area (Å²) in [7, 11) is 0. The van der Waals surface area contributed by atoms with E-state index in [1.54, 1.807) is 0 Å². The Kier molecular flexibility index (Phi) is 14.7. The molecule has 0 saturated carbocycles. The molecule has 0 aromatic carbocycles. The first-order chi connectivity index (χ1) is 8.52. The van der Waals surface area contributed by atoms with Gasteiger partial charge in [0.05, 0.1) is 24.0 Å². The van der Waals surface area contributed by atoms with Gasteiger partial charge in [0.1, 0.15) is 0 Å². The molecule has 0 heterocycles. The zero-order valence-corrected chi connectivity index (χ0v) is 13.6. The third-order valence-corrected chi connectivity index (χ3v) is 3.50. The summed E-state index contributed by atoms with van der Waals surface area (Å²) >= 11 is 1.95. The maximum absolute atomic E-state index is 10.8. The van der Waals surface area contributed by atoms with Crippen LogP contribution in [-0.4, -0.2) is 71.3 Å². The Morgan fingerprint density at radius 3 is 1.47 bits per heavy atom. The first-order valence-corrected chi connectivity index (χ1v) is 8.48. The molecule has 113 valence electrons. The van der Waals surface area contributed by atoms with Crippen molar-refractivity contribution in [1.82, 2.24) is 0 Å². The van der Waals surface area contributed by atoms with Crippen molar-refractivity contribution in [1.29, 1.82) is 0 Å². The van der Waals surface area contributed by atoms with Gasteiger partial charge in [0, 0.05) is 12.1 Å². The van der Waals surface area contributed by atoms with Gasteiger partial charge in [-0.05, 0) is 23.5 Å². The Balaban J connectivity index is 0. The van der Waals surface area contributed by atoms with Crippen molar-refractivity contribution in [3.8, 4) is 0 Å². The van der Waals surface area contributed by atoms with Crippen molar-refractivity contribution in [2.75, 3.05) is 37.1 Å². The third kappa shape index (κ3) is 10.5. The van der Waals surface area contributed by atoms with Crippen LogP contribution in [0.5, 0.6) is 0 Å². The zero-order valence-electron chi connectivity index (χ0n) is 10.8. The largest absolute Gasteiger partial charge is 2.00 e. The number of rotatable bonds is 11. The smallest absolute Gasteiger partial charge is 0.648 e. The van der Waals surface area contributed by atoms with Crippen molar-refractivity contribution in [2.45, 2.75) is 12.1 Å². The Morgan fingerprint density at radius 1 is 0.947 bits per heavy atom. The number of carbonyl (C=O) groups is 2. The fourth-order valence-corrected chi connectivity index (χ4v) is 2.44. The fraction of sp³-hybridized carbons (Fsp3) is 0.800. The van der Waals surface area contributed by atoms with E-state index in [0.717, 1.165) is 23.5 Å². The molecule has 2 atom stereocenters. The Labute approximate surface area is 132 Å². The van der Waals surface area contributed by atoms with Crippen LogP contribution >= 0.6 is 0 Å². The second-order valence-corrected chi connectivity index (χ2v) is 5.51. The molecule has 0 spiro atoms. The molecule has 2 unspecified atom stereocenters. The predicted octanol–water partition coefficient (Wildman–Crippen LogP) is -0.473. The van der Waals surface area contributed by atoms with Crippen molar-refractivity contribution in [3.05, 3.63) is 10.6 Å². The van der Waals surface area contributed by atoms with E-state index < -0.39 is 24.0 Å². The van der Waals surface area contributed by atoms with Gasteiger partial charge in [0.15, 0.2) is 0 Å². The van der Waals surface area contributed by atoms with E-state index in [1.807, 2.05) is 12.5 Å². The van der Waals surface area contributed by atoms with Crippen molar-refractivity contribution in [3.63, 3.8) is 0 Å². The maximum atomic E-state index is 10.8. The van der Waals surface area contributed by atoms with Gasteiger partial charge in [-0.15, -0.1) is 0 Å². The van der Waals surface area contributed by atoms with E-state index in [9.17, 15) is 9.59 Å². The molecule has 0 aromatic heterocycles. The van der Waals surface area contributed by atoms with Crippen LogP contribution < -0.4 is 0 Å². The molecule has 2 N–H and O–H groups in total. The van der Waals surface area contributed by atoms with Crippen molar-refractivity contribution >= 4 is 35.5 Å². The number of thiol groups is 2. The average molecular weight is 355 g/mol. The summed E-state index contributed by atoms with van der Waals surface area (Å²) in [6, 6.07) is -1.42. The summed E-state index contributed by atoms with van der Waals surface area (Å²) in [6.07, 6.45) is 3.74. The molecule has 0 aliphatic heterocycles. The number of nitrogens with zero attached hydrogens (tertiary/aromatic N) is 2. The molecule has 6 nitrogen and oxygen atoms in total. The topological polar surface area (TPSA) is 103 Å². The molecular weight excluding hydrogens is 335 g/mol. The number of carboxylic acid groups (broad SMARTS) is 2. The monoisotopic (exact) mass is 355 g/mol. The molecule has 0 rings (SSSR count). The van der Waals surface area contributed by atoms with E-state index in [0.29, 0.717) is 11.5 Å². The average Bonchev–Trinajstić information content (AvgIpc) is 2.30. The number of aliphatic carboxylic acids is 2. The van der Waals surface area contributed by atoms with Crippen molar-refractivity contribution < 1.29 is 36.6 Å². The van der Waals surface area contributed by atoms with Crippen LogP contribution in [0.3, 0.4) is 0 Å². The summed E-state index contributed by atoms with van der Waals surface area (Å²) in [5.74, 6) is -0.922. The van der Waals surface area contributed by atoms with E-state index in [1.165, 1.54) is 0 Å². The zero-order chi connectivity index (χ0) is 14.0. The third-order valence-electron chi connectivity index (χ3n) is 2.08. The molecule has 0 amide bonds. The maximum Gasteiger partial charge on any atom is 2.00 e. The minimum Gasteiger partial charge on any atom is -0.648 e. The van der Waals surface area contributed by atoms with Crippen LogP contribution in [0.4, 0.5) is 0 Å². The Hall–Kier alpha value is 0.0665. The molecule has 0 bridgehead atoms. The molecule has 0 aliphatic rings. The van der Waals surface area contributed by atoms with Crippen LogP contribution in [0.1, 0.15) is 0 Å². The molecule has 9 heteroatoms. The number of hydrogen-bond acceptors (Lipinski definition) is 2. The van der Waals surface area contributed by atoms with E-state index >= 15 is 0 Å². The Bertz CT molecular complexity index is 246. The SMILES string of the molecule is C[SH+]CC([N-]CC[N-]C(C[SH+]C)C(=O)O)C(=O)O.[Co+2]. The standard InChI is InChI=1S/C10H18N2O4S2.Co/c1-17-5-7(9(13)14)11-3-4-12-8(6-18-2)10(15)16;/h7-8H,3-6H2,1-2H3,(H,13,14)(H,15,16);/q-2;+2/p+2. The molecule has 0 aliphatic carbocycles. The van der Waals surface area contributed by atoms with Gasteiger partial charge in [-0.1, -0.05) is 0 Å². The second-order valence-electron chi connectivity index (χ2n) is 3.52. The second kappa shape index (κ2) is 13.1. The van der Waals surface area contributed by atoms with Crippen LogP contribution in [0.2, 0.25) is 0 Å². The first kappa shape index (κ1) is 21.4. The van der Waals surface area contributed by atoms with Crippen molar-refractivity contribution in [2.24, 2.45) is 0 Å². The van der Waals surface area contributed by atoms with Crippen LogP contribution in [-0.2, 0) is 49.9 Å². The summed E-state index contributed by atoms with van der Waals surface area (Å²) in [5.41, 5.74) is 0. The van der Waals surface area contributed by atoms with Gasteiger partial charge < -0.3 is 20.8 Å². The van der Waals surface area contributed by atoms with Gasteiger partial charge in [-0.2, -0.15) is 13.1 Å². The normalized spacial score (nSPS) is 13.4. The number of carboxylic acids is 2. The van der Waals surface area contributed by atoms with Gasteiger partial charge in [-0.25, -0.2) is 0 Å². The van der Waals surface area contributed by atoms with Gasteiger partial charge in [0.25, 0.3) is 11.9 Å². The minimum absolute atomic E-state index is 0. The first-order valence-electron chi connectivity index (χ1n) is 5.43. The van der Waals surface area contributed by atoms with Crippen LogP contribution in [0.25, 0.3) is 10.6 Å². The molecule has 0 saturated heterocycles. The van der Waals surface area contributed by atoms with E-state index in [2.05, 4.69) is 10.6 Å². The van der Waals surface area contributed by atoms with E-state index in [4.69, 9.17) is 10.2 Å². The molecular formula is C10H20CoN2O4S2+2. The quantitative estimate of drug-likeness (QED) is 0.297. The molecule has 1 radical (unpaired) electrons.